The van der Waals surface area contributed by atoms with Crippen molar-refractivity contribution in [3.63, 3.8) is 0 Å². The molecule has 1 aliphatic heterocycles. The number of ether oxygens (including phenoxy) is 1. The molecular formula is C14H18INO2. The second-order valence-corrected chi connectivity index (χ2v) is 5.72. The lowest BCUT2D eigenvalue weighted by Gasteiger charge is -2.22. The molecule has 1 heterocycles. The van der Waals surface area contributed by atoms with Crippen LogP contribution < -0.4 is 5.32 Å². The van der Waals surface area contributed by atoms with Gasteiger partial charge in [0, 0.05) is 16.6 Å². The number of nitrogens with one attached hydrogen (secondary N) is 1. The Morgan fingerprint density at radius 1 is 1.39 bits per heavy atom. The summed E-state index contributed by atoms with van der Waals surface area (Å²) in [5.41, 5.74) is 0.896. The maximum absolute atomic E-state index is 11.8. The highest BCUT2D eigenvalue weighted by Gasteiger charge is 2.15. The molecule has 0 radical (unpaired) electrons. The second-order valence-electron chi connectivity index (χ2n) is 4.56. The van der Waals surface area contributed by atoms with Gasteiger partial charge in [-0.3, -0.25) is 4.79 Å². The van der Waals surface area contributed by atoms with Crippen LogP contribution >= 0.6 is 22.6 Å². The van der Waals surface area contributed by atoms with Crippen molar-refractivity contribution >= 4 is 34.2 Å². The molecule has 1 aromatic carbocycles. The molecule has 4 heteroatoms. The van der Waals surface area contributed by atoms with Crippen LogP contribution in [0, 0.1) is 3.57 Å². The van der Waals surface area contributed by atoms with Gasteiger partial charge in [0.25, 0.3) is 0 Å². The van der Waals surface area contributed by atoms with Gasteiger partial charge in [-0.2, -0.15) is 0 Å². The number of hydrogen-bond acceptors (Lipinski definition) is 2. The largest absolute Gasteiger partial charge is 0.378 e. The van der Waals surface area contributed by atoms with Gasteiger partial charge in [-0.25, -0.2) is 0 Å². The third-order valence-corrected chi connectivity index (χ3v) is 4.06. The third-order valence-electron chi connectivity index (χ3n) is 3.12. The van der Waals surface area contributed by atoms with Crippen LogP contribution in [0.25, 0.3) is 0 Å². The van der Waals surface area contributed by atoms with Crippen molar-refractivity contribution in [2.75, 3.05) is 11.9 Å². The molecule has 1 atom stereocenters. The van der Waals surface area contributed by atoms with Crippen molar-refractivity contribution in [2.45, 2.75) is 38.2 Å². The number of anilines is 1. The molecule has 0 bridgehead atoms. The van der Waals surface area contributed by atoms with Crippen molar-refractivity contribution < 1.29 is 9.53 Å². The minimum Gasteiger partial charge on any atom is -0.378 e. The molecule has 1 amide bonds. The van der Waals surface area contributed by atoms with Gasteiger partial charge in [0.05, 0.1) is 11.8 Å². The van der Waals surface area contributed by atoms with E-state index >= 15 is 0 Å². The summed E-state index contributed by atoms with van der Waals surface area (Å²) in [6.45, 7) is 0.850. The lowest BCUT2D eigenvalue weighted by molar-refractivity contribution is -0.117. The summed E-state index contributed by atoms with van der Waals surface area (Å²) in [7, 11) is 0. The quantitative estimate of drug-likeness (QED) is 0.835. The first-order chi connectivity index (χ1) is 8.75. The molecule has 1 saturated heterocycles. The fourth-order valence-corrected chi connectivity index (χ4v) is 2.62. The zero-order valence-electron chi connectivity index (χ0n) is 10.3. The molecule has 0 aliphatic carbocycles. The smallest absolute Gasteiger partial charge is 0.224 e. The van der Waals surface area contributed by atoms with Crippen molar-refractivity contribution in [1.82, 2.24) is 0 Å². The minimum atomic E-state index is 0.0771. The number of hydrogen-bond donors (Lipinski definition) is 1. The van der Waals surface area contributed by atoms with Crippen LogP contribution in [0.4, 0.5) is 5.69 Å². The highest BCUT2D eigenvalue weighted by molar-refractivity contribution is 14.1. The van der Waals surface area contributed by atoms with Crippen molar-refractivity contribution in [1.29, 1.82) is 0 Å². The van der Waals surface area contributed by atoms with Gasteiger partial charge < -0.3 is 10.1 Å². The van der Waals surface area contributed by atoms with Crippen LogP contribution in [-0.4, -0.2) is 18.6 Å². The van der Waals surface area contributed by atoms with E-state index in [4.69, 9.17) is 4.74 Å². The summed E-state index contributed by atoms with van der Waals surface area (Å²) in [4.78, 5) is 11.8. The molecule has 98 valence electrons. The van der Waals surface area contributed by atoms with Gasteiger partial charge in [0.2, 0.25) is 5.91 Å². The van der Waals surface area contributed by atoms with E-state index in [0.717, 1.165) is 35.1 Å². The fourth-order valence-electron chi connectivity index (χ4n) is 2.10. The van der Waals surface area contributed by atoms with Gasteiger partial charge >= 0.3 is 0 Å². The molecular weight excluding hydrogens is 341 g/mol. The number of amides is 1. The van der Waals surface area contributed by atoms with Gasteiger partial charge in [0.15, 0.2) is 0 Å². The summed E-state index contributed by atoms with van der Waals surface area (Å²) < 4.78 is 6.69. The monoisotopic (exact) mass is 359 g/mol. The Bertz CT molecular complexity index is 403. The summed E-state index contributed by atoms with van der Waals surface area (Å²) >= 11 is 2.23. The number of para-hydroxylation sites is 1. The van der Waals surface area contributed by atoms with Gasteiger partial charge in [-0.05, 0) is 60.4 Å². The van der Waals surface area contributed by atoms with Crippen LogP contribution in [0.2, 0.25) is 0 Å². The van der Waals surface area contributed by atoms with Gasteiger partial charge in [-0.1, -0.05) is 12.1 Å². The standard InChI is InChI=1S/C14H18INO2/c15-12-6-1-2-7-13(12)16-14(17)9-8-11-5-3-4-10-18-11/h1-2,6-7,11H,3-5,8-10H2,(H,16,17). The number of benzene rings is 1. The van der Waals surface area contributed by atoms with Crippen LogP contribution in [0.1, 0.15) is 32.1 Å². The Kier molecular flexibility index (Phi) is 5.44. The van der Waals surface area contributed by atoms with E-state index in [9.17, 15) is 4.79 Å². The predicted molar refractivity (Wildman–Crippen MR) is 80.6 cm³/mol. The molecule has 0 saturated carbocycles. The zero-order chi connectivity index (χ0) is 12.8. The maximum Gasteiger partial charge on any atom is 0.224 e. The molecule has 0 spiro atoms. The molecule has 1 fully saturated rings. The third kappa shape index (κ3) is 4.24. The maximum atomic E-state index is 11.8. The summed E-state index contributed by atoms with van der Waals surface area (Å²) in [6, 6.07) is 7.81. The van der Waals surface area contributed by atoms with E-state index in [-0.39, 0.29) is 12.0 Å². The van der Waals surface area contributed by atoms with Gasteiger partial charge in [-0.15, -0.1) is 0 Å². The molecule has 18 heavy (non-hydrogen) atoms. The number of halogens is 1. The Balaban J connectivity index is 1.76. The Morgan fingerprint density at radius 2 is 2.22 bits per heavy atom. The van der Waals surface area contributed by atoms with E-state index in [2.05, 4.69) is 27.9 Å². The molecule has 3 nitrogen and oxygen atoms in total. The highest BCUT2D eigenvalue weighted by atomic mass is 127. The fraction of sp³-hybridized carbons (Fsp3) is 0.500. The number of carbonyl (C=O) groups excluding carboxylic acids is 1. The normalized spacial score (nSPS) is 19.5. The average Bonchev–Trinajstić information content (AvgIpc) is 2.40. The van der Waals surface area contributed by atoms with E-state index in [0.29, 0.717) is 6.42 Å². The first-order valence-corrected chi connectivity index (χ1v) is 7.49. The first-order valence-electron chi connectivity index (χ1n) is 6.41. The molecule has 1 unspecified atom stereocenters. The second kappa shape index (κ2) is 7.09. The highest BCUT2D eigenvalue weighted by Crippen LogP contribution is 2.19. The van der Waals surface area contributed by atoms with E-state index in [1.807, 2.05) is 24.3 Å². The Labute approximate surface area is 121 Å². The molecule has 1 aromatic rings. The molecule has 1 N–H and O–H groups in total. The van der Waals surface area contributed by atoms with Crippen LogP contribution in [-0.2, 0) is 9.53 Å². The van der Waals surface area contributed by atoms with E-state index in [1.54, 1.807) is 0 Å². The zero-order valence-corrected chi connectivity index (χ0v) is 12.5. The summed E-state index contributed by atoms with van der Waals surface area (Å²) in [5.74, 6) is 0.0771. The van der Waals surface area contributed by atoms with Crippen LogP contribution in [0.15, 0.2) is 24.3 Å². The topological polar surface area (TPSA) is 38.3 Å². The number of rotatable bonds is 4. The predicted octanol–water partition coefficient (Wildman–Crippen LogP) is 3.58. The minimum absolute atomic E-state index is 0.0771. The lowest BCUT2D eigenvalue weighted by Crippen LogP contribution is -2.21. The molecule has 0 aromatic heterocycles. The summed E-state index contributed by atoms with van der Waals surface area (Å²) in [6.07, 6.45) is 5.12. The first kappa shape index (κ1) is 13.8. The Hall–Kier alpha value is -0.620. The summed E-state index contributed by atoms with van der Waals surface area (Å²) in [5, 5.41) is 2.95. The van der Waals surface area contributed by atoms with Crippen molar-refractivity contribution in [2.24, 2.45) is 0 Å². The van der Waals surface area contributed by atoms with Gasteiger partial charge in [0.1, 0.15) is 0 Å². The lowest BCUT2D eigenvalue weighted by atomic mass is 10.0. The van der Waals surface area contributed by atoms with Crippen molar-refractivity contribution in [3.8, 4) is 0 Å². The van der Waals surface area contributed by atoms with Crippen molar-refractivity contribution in [3.05, 3.63) is 27.8 Å². The SMILES string of the molecule is O=C(CCC1CCCCO1)Nc1ccccc1I. The number of carbonyl (C=O) groups is 1. The van der Waals surface area contributed by atoms with E-state index in [1.165, 1.54) is 6.42 Å². The molecule has 2 rings (SSSR count). The van der Waals surface area contributed by atoms with Crippen LogP contribution in [0.3, 0.4) is 0 Å². The molecule has 1 aliphatic rings. The Morgan fingerprint density at radius 3 is 2.94 bits per heavy atom. The van der Waals surface area contributed by atoms with Crippen LogP contribution in [0.5, 0.6) is 0 Å². The average molecular weight is 359 g/mol. The van der Waals surface area contributed by atoms with E-state index < -0.39 is 0 Å².